The third-order valence-electron chi connectivity index (χ3n) is 25.6. The lowest BCUT2D eigenvalue weighted by Crippen LogP contribution is -2.49. The second-order valence-electron chi connectivity index (χ2n) is 35.5. The molecule has 19 aromatic heterocycles. The highest BCUT2D eigenvalue weighted by Crippen LogP contribution is 2.35. The number of hydrogen-bond donors (Lipinski definition) is 4. The van der Waals surface area contributed by atoms with Gasteiger partial charge in [0.05, 0.1) is 117 Å². The van der Waals surface area contributed by atoms with Crippen molar-refractivity contribution in [2.24, 2.45) is 0 Å². The van der Waals surface area contributed by atoms with Gasteiger partial charge in [0.25, 0.3) is 27.8 Å². The summed E-state index contributed by atoms with van der Waals surface area (Å²) in [6, 6.07) is 47.6. The standard InChI is InChI=1S/C22H19N3O3.C21H23N7O.C21H22N6O.C20H17F3N6O.C20H21N7O/c1-14-10-15(8-9-23-14)17-5-7-21-24-18(12-22(26)25(21)13-17)16-4-6-19(27-2)20(11-16)28-3;1-13-10-26(7-6-22-13)16-4-5-20-24-17(9-21(29)27(20)12-16)18-8-19-15(3)23-14(2)11-28(19)25-18;1-2-16-13-26-12-15(3-5-19(26)23-16)18-11-21(28)27-14-17(4-6-20(27)24-18)25-9-7-22-8-10-25;21-20(22,23)16-12-28-10-13(1-3-17(28)26-16)15-9-19(30)29-11-14(2-4-18(29)25-15)27-7-5-24-6-8-27;1-13-11-27-18(14(2)22-13)9-17(24-27)16-10-20(28)26-12-15(3-4-19(26)23-16)25-7-5-21-6-8-25/h4-13H,1-3H3;4-5,8-9,11-13,22H,6-7,10H2,1-3H3;3-6,11-14,22H,2,7-10H2,1H3;1-4,9-12,24H,5-8H2;3-4,9-12,21H,5-8H2,1-2H3/t;13-;;;/m.0.../s1. The fourth-order valence-electron chi connectivity index (χ4n) is 18.2. The molecule has 4 aliphatic rings. The van der Waals surface area contributed by atoms with Crippen molar-refractivity contribution in [1.82, 2.24) is 121 Å². The number of aryl methyl sites for hydroxylation is 6. The highest BCUT2D eigenvalue weighted by Gasteiger charge is 2.34. The third-order valence-corrected chi connectivity index (χ3v) is 25.6. The number of rotatable bonds is 13. The fourth-order valence-corrected chi connectivity index (χ4v) is 18.2. The Morgan fingerprint density at radius 1 is 0.350 bits per heavy atom. The van der Waals surface area contributed by atoms with Crippen LogP contribution < -0.4 is 78.1 Å². The lowest BCUT2D eigenvalue weighted by atomic mass is 10.1. The van der Waals surface area contributed by atoms with Gasteiger partial charge in [0.15, 0.2) is 17.2 Å². The first kappa shape index (κ1) is 93.8. The molecule has 1 atom stereocenters. The third kappa shape index (κ3) is 20.1. The summed E-state index contributed by atoms with van der Waals surface area (Å²) in [5.74, 6) is 1.21. The van der Waals surface area contributed by atoms with E-state index in [2.05, 4.69) is 105 Å². The number of aromatic nitrogens is 21. The Morgan fingerprint density at radius 3 is 1.18 bits per heavy atom. The SMILES string of the molecule is CCc1cn2cc(-c3cc(=O)n4cc(N5CCNCC5)ccc4n3)ccc2n1.COc1ccc(-c2cc(=O)n3cc(-c4ccnc(C)c4)ccc3n2)cc1OC.Cc1cn2nc(-c3cc(=O)n4cc(N5CCNCC5)ccc4n3)cc2c(C)n1.Cc1cn2nc(-c3cc(=O)n4cc(N5CCN[C@@H](C)C5)ccc4n3)cc2c(C)n1.O=c1cc(-c2ccc3nc(C(F)(F)F)cn3c2)nc2ccc(N3CCNCC3)cn12. The number of halogens is 3. The molecule has 4 N–H and O–H groups in total. The van der Waals surface area contributed by atoms with Crippen LogP contribution >= 0.6 is 0 Å². The van der Waals surface area contributed by atoms with E-state index in [-0.39, 0.29) is 33.4 Å². The van der Waals surface area contributed by atoms with Crippen LogP contribution in [0.1, 0.15) is 53.7 Å². The van der Waals surface area contributed by atoms with E-state index in [1.807, 2.05) is 186 Å². The minimum atomic E-state index is -4.52. The molecule has 0 saturated carbocycles. The number of piperazine rings is 4. The zero-order valence-electron chi connectivity index (χ0n) is 80.0. The monoisotopic (exact) mass is 1930 g/mol. The number of methoxy groups -OCH3 is 2. The van der Waals surface area contributed by atoms with Crippen LogP contribution in [0.3, 0.4) is 0 Å². The van der Waals surface area contributed by atoms with Gasteiger partial charge in [-0.05, 0) is 186 Å². The van der Waals surface area contributed by atoms with E-state index in [1.54, 1.807) is 95.8 Å². The summed E-state index contributed by atoms with van der Waals surface area (Å²) >= 11 is 0. The lowest BCUT2D eigenvalue weighted by Gasteiger charge is -2.33. The average molecular weight is 1930 g/mol. The average Bonchev–Trinajstić information content (AvgIpc) is 1.69. The Morgan fingerprint density at radius 2 is 0.741 bits per heavy atom. The topological polar surface area (TPSA) is 359 Å². The van der Waals surface area contributed by atoms with E-state index in [1.165, 1.54) is 33.2 Å². The molecule has 39 heteroatoms. The normalized spacial score (nSPS) is 14.6. The molecule has 24 rings (SSSR count). The molecular weight excluding hydrogens is 1820 g/mol. The van der Waals surface area contributed by atoms with Crippen LogP contribution in [0.5, 0.6) is 11.5 Å². The van der Waals surface area contributed by atoms with Gasteiger partial charge in [-0.1, -0.05) is 6.92 Å². The van der Waals surface area contributed by atoms with Crippen molar-refractivity contribution in [3.63, 3.8) is 0 Å². The van der Waals surface area contributed by atoms with Gasteiger partial charge in [0, 0.05) is 219 Å². The van der Waals surface area contributed by atoms with Gasteiger partial charge in [-0.3, -0.25) is 60.9 Å². The van der Waals surface area contributed by atoms with E-state index >= 15 is 0 Å². The molecule has 0 aliphatic carbocycles. The molecule has 0 radical (unpaired) electrons. The van der Waals surface area contributed by atoms with Crippen LogP contribution in [0.25, 0.3) is 118 Å². The Bertz CT molecular complexity index is 8600. The maximum Gasteiger partial charge on any atom is 0.434 e. The van der Waals surface area contributed by atoms with Crippen molar-refractivity contribution >= 4 is 73.3 Å². The molecule has 726 valence electrons. The molecule has 4 aliphatic heterocycles. The van der Waals surface area contributed by atoms with Gasteiger partial charge in [-0.25, -0.2) is 43.9 Å². The summed E-state index contributed by atoms with van der Waals surface area (Å²) in [7, 11) is 3.16. The summed E-state index contributed by atoms with van der Waals surface area (Å²) in [6.45, 7) is 27.8. The number of ether oxygens (including phenoxy) is 2. The van der Waals surface area contributed by atoms with E-state index in [9.17, 15) is 37.1 Å². The Labute approximate surface area is 814 Å². The minimum absolute atomic E-state index is 0.0723. The van der Waals surface area contributed by atoms with Crippen LogP contribution in [-0.4, -0.2) is 218 Å². The molecule has 0 spiro atoms. The second kappa shape index (κ2) is 39.8. The number of benzene rings is 1. The van der Waals surface area contributed by atoms with Crippen molar-refractivity contribution in [2.75, 3.05) is 132 Å². The predicted octanol–water partition coefficient (Wildman–Crippen LogP) is 11.4. The first-order valence-corrected chi connectivity index (χ1v) is 47.2. The smallest absolute Gasteiger partial charge is 0.434 e. The maximum atomic E-state index is 12.9. The summed E-state index contributed by atoms with van der Waals surface area (Å²) < 4.78 is 64.1. The molecule has 20 aromatic rings. The molecule has 1 aromatic carbocycles. The number of fused-ring (bicyclic) bond motifs is 9. The Hall–Kier alpha value is -16.8. The molecule has 0 bridgehead atoms. The van der Waals surface area contributed by atoms with Crippen molar-refractivity contribution < 1.29 is 22.6 Å². The predicted molar refractivity (Wildman–Crippen MR) is 544 cm³/mol. The van der Waals surface area contributed by atoms with Crippen molar-refractivity contribution in [1.29, 1.82) is 0 Å². The quantitative estimate of drug-likeness (QED) is 0.0833. The number of hydrogen-bond acceptors (Lipinski definition) is 27. The molecular formula is C104H102F3N29O7. The van der Waals surface area contributed by atoms with Crippen LogP contribution in [0.4, 0.5) is 35.9 Å². The Balaban J connectivity index is 0.000000109. The highest BCUT2D eigenvalue weighted by atomic mass is 19.4. The van der Waals surface area contributed by atoms with Crippen molar-refractivity contribution in [2.45, 2.75) is 67.1 Å². The largest absolute Gasteiger partial charge is 0.493 e. The van der Waals surface area contributed by atoms with Gasteiger partial charge in [0.1, 0.15) is 50.9 Å². The number of nitrogens with zero attached hydrogens (tertiary/aromatic N) is 25. The fraction of sp³-hybridized carbons (Fsp3) is 0.260. The highest BCUT2D eigenvalue weighted by molar-refractivity contribution is 5.73. The van der Waals surface area contributed by atoms with Crippen LogP contribution in [0.15, 0.2) is 256 Å². The second-order valence-corrected chi connectivity index (χ2v) is 35.5. The number of nitrogens with one attached hydrogen (secondary N) is 4. The van der Waals surface area contributed by atoms with Crippen LogP contribution in [0.2, 0.25) is 0 Å². The maximum absolute atomic E-state index is 12.9. The molecule has 0 amide bonds. The first-order chi connectivity index (χ1) is 69.2. The number of pyridine rings is 8. The van der Waals surface area contributed by atoms with Crippen molar-refractivity contribution in [3.8, 4) is 79.2 Å². The molecule has 0 unspecified atom stereocenters. The minimum Gasteiger partial charge on any atom is -0.493 e. The number of anilines is 4. The zero-order valence-corrected chi connectivity index (χ0v) is 80.0. The van der Waals surface area contributed by atoms with Crippen LogP contribution in [-0.2, 0) is 12.6 Å². The van der Waals surface area contributed by atoms with E-state index in [4.69, 9.17) is 19.4 Å². The van der Waals surface area contributed by atoms with Crippen molar-refractivity contribution in [3.05, 3.63) is 324 Å². The first-order valence-electron chi connectivity index (χ1n) is 47.2. The lowest BCUT2D eigenvalue weighted by molar-refractivity contribution is -0.140. The molecule has 4 fully saturated rings. The molecule has 143 heavy (non-hydrogen) atoms. The van der Waals surface area contributed by atoms with Crippen LogP contribution in [0, 0.1) is 34.6 Å². The zero-order chi connectivity index (χ0) is 99.0. The summed E-state index contributed by atoms with van der Waals surface area (Å²) in [5.41, 5.74) is 22.1. The van der Waals surface area contributed by atoms with Gasteiger partial charge in [-0.2, -0.15) is 23.4 Å². The molecule has 36 nitrogen and oxygen atoms in total. The summed E-state index contributed by atoms with van der Waals surface area (Å²) in [5, 5.41) is 22.6. The Kier molecular flexibility index (Phi) is 26.1. The molecule has 4 saturated heterocycles. The van der Waals surface area contributed by atoms with Gasteiger partial charge in [-0.15, -0.1) is 0 Å². The number of imidazole rings is 2. The van der Waals surface area contributed by atoms with Gasteiger partial charge < -0.3 is 59.1 Å². The number of alkyl halides is 3. The molecule has 23 heterocycles. The summed E-state index contributed by atoms with van der Waals surface area (Å²) in [4.78, 5) is 118. The van der Waals surface area contributed by atoms with Gasteiger partial charge in [0.2, 0.25) is 0 Å². The van der Waals surface area contributed by atoms with E-state index in [0.717, 1.165) is 207 Å². The van der Waals surface area contributed by atoms with E-state index < -0.39 is 11.9 Å². The van der Waals surface area contributed by atoms with Gasteiger partial charge >= 0.3 is 6.18 Å². The van der Waals surface area contributed by atoms with E-state index in [0.29, 0.717) is 91.2 Å². The summed E-state index contributed by atoms with van der Waals surface area (Å²) in [6.07, 6.45) is 17.5.